The minimum atomic E-state index is -0.122. The Morgan fingerprint density at radius 3 is 2.63 bits per heavy atom. The van der Waals surface area contributed by atoms with Gasteiger partial charge in [-0.3, -0.25) is 9.69 Å². The fraction of sp³-hybridized carbons (Fsp3) is 0.364. The van der Waals surface area contributed by atoms with Crippen molar-refractivity contribution in [2.45, 2.75) is 39.1 Å². The van der Waals surface area contributed by atoms with E-state index >= 15 is 0 Å². The maximum absolute atomic E-state index is 12.6. The third-order valence-corrected chi connectivity index (χ3v) is 5.06. The molecule has 30 heavy (non-hydrogen) atoms. The van der Waals surface area contributed by atoms with Crippen molar-refractivity contribution >= 4 is 5.91 Å². The quantitative estimate of drug-likeness (QED) is 0.676. The lowest BCUT2D eigenvalue weighted by Crippen LogP contribution is -2.44. The average Bonchev–Trinajstić information content (AvgIpc) is 3.27. The molecule has 156 valence electrons. The van der Waals surface area contributed by atoms with Crippen molar-refractivity contribution in [1.29, 1.82) is 0 Å². The van der Waals surface area contributed by atoms with E-state index in [1.807, 2.05) is 36.4 Å². The highest BCUT2D eigenvalue weighted by Gasteiger charge is 2.22. The Hall–Kier alpha value is -3.10. The molecule has 0 aliphatic carbocycles. The van der Waals surface area contributed by atoms with Crippen molar-refractivity contribution in [3.63, 3.8) is 0 Å². The van der Waals surface area contributed by atoms with Gasteiger partial charge < -0.3 is 10.1 Å². The number of nitrogens with zero attached hydrogens (tertiary/aromatic N) is 5. The normalized spacial score (nSPS) is 19.5. The van der Waals surface area contributed by atoms with Gasteiger partial charge in [-0.1, -0.05) is 18.2 Å². The van der Waals surface area contributed by atoms with Crippen LogP contribution in [0.5, 0.6) is 0 Å². The zero-order valence-electron chi connectivity index (χ0n) is 17.2. The highest BCUT2D eigenvalue weighted by atomic mass is 16.5. The highest BCUT2D eigenvalue weighted by molar-refractivity contribution is 5.94. The number of rotatable bonds is 6. The molecule has 0 saturated carbocycles. The van der Waals surface area contributed by atoms with Gasteiger partial charge in [0.1, 0.15) is 12.7 Å². The predicted molar refractivity (Wildman–Crippen MR) is 112 cm³/mol. The molecule has 1 amide bonds. The second kappa shape index (κ2) is 9.15. The lowest BCUT2D eigenvalue weighted by atomic mass is 10.1. The number of amides is 1. The van der Waals surface area contributed by atoms with Crippen molar-refractivity contribution in [2.24, 2.45) is 0 Å². The van der Waals surface area contributed by atoms with E-state index in [0.717, 1.165) is 25.2 Å². The molecule has 4 rings (SSSR count). The van der Waals surface area contributed by atoms with Crippen LogP contribution in [0.15, 0.2) is 55.2 Å². The molecule has 8 nitrogen and oxygen atoms in total. The minimum Gasteiger partial charge on any atom is -0.373 e. The largest absolute Gasteiger partial charge is 0.373 e. The molecule has 3 heterocycles. The Balaban J connectivity index is 1.36. The number of benzene rings is 1. The molecule has 1 aliphatic heterocycles. The lowest BCUT2D eigenvalue weighted by Gasteiger charge is -2.35. The Labute approximate surface area is 175 Å². The van der Waals surface area contributed by atoms with Gasteiger partial charge in [0.2, 0.25) is 0 Å². The number of hydrogen-bond donors (Lipinski definition) is 1. The van der Waals surface area contributed by atoms with Crippen molar-refractivity contribution in [1.82, 2.24) is 30.0 Å². The number of ether oxygens (including phenoxy) is 1. The van der Waals surface area contributed by atoms with E-state index in [4.69, 9.17) is 4.74 Å². The fourth-order valence-electron chi connectivity index (χ4n) is 3.80. The van der Waals surface area contributed by atoms with Crippen molar-refractivity contribution in [3.8, 4) is 5.82 Å². The van der Waals surface area contributed by atoms with Crippen LogP contribution >= 0.6 is 0 Å². The minimum absolute atomic E-state index is 0.122. The average molecular weight is 406 g/mol. The number of aromatic nitrogens is 4. The molecule has 8 heteroatoms. The number of carbonyl (C=O) groups is 1. The fourth-order valence-corrected chi connectivity index (χ4v) is 3.80. The van der Waals surface area contributed by atoms with Gasteiger partial charge in [0.25, 0.3) is 5.91 Å². The van der Waals surface area contributed by atoms with Crippen molar-refractivity contribution in [2.75, 3.05) is 13.1 Å². The molecule has 2 unspecified atom stereocenters. The van der Waals surface area contributed by atoms with Crippen LogP contribution in [0, 0.1) is 0 Å². The smallest absolute Gasteiger partial charge is 0.251 e. The highest BCUT2D eigenvalue weighted by Crippen LogP contribution is 2.15. The van der Waals surface area contributed by atoms with Gasteiger partial charge in [0.15, 0.2) is 5.82 Å². The molecule has 2 aromatic heterocycles. The third kappa shape index (κ3) is 4.90. The van der Waals surface area contributed by atoms with Gasteiger partial charge in [-0.25, -0.2) is 14.6 Å². The van der Waals surface area contributed by atoms with E-state index in [1.165, 1.54) is 11.9 Å². The summed E-state index contributed by atoms with van der Waals surface area (Å²) >= 11 is 0. The summed E-state index contributed by atoms with van der Waals surface area (Å²) in [5, 5.41) is 7.08. The molecule has 2 atom stereocenters. The van der Waals surface area contributed by atoms with Gasteiger partial charge in [0.05, 0.1) is 12.2 Å². The Kier molecular flexibility index (Phi) is 6.15. The first-order chi connectivity index (χ1) is 14.6. The second-order valence-corrected chi connectivity index (χ2v) is 7.66. The van der Waals surface area contributed by atoms with Crippen LogP contribution in [0.2, 0.25) is 0 Å². The lowest BCUT2D eigenvalue weighted by molar-refractivity contribution is -0.0704. The molecule has 0 radical (unpaired) electrons. The number of nitrogens with one attached hydrogen (secondary N) is 1. The van der Waals surface area contributed by atoms with Crippen LogP contribution in [-0.4, -0.2) is 55.9 Å². The Bertz CT molecular complexity index is 964. The van der Waals surface area contributed by atoms with Crippen molar-refractivity contribution in [3.05, 3.63) is 71.9 Å². The van der Waals surface area contributed by atoms with E-state index in [1.54, 1.807) is 17.2 Å². The maximum atomic E-state index is 12.6. The van der Waals surface area contributed by atoms with E-state index < -0.39 is 0 Å². The summed E-state index contributed by atoms with van der Waals surface area (Å²) < 4.78 is 7.38. The number of carbonyl (C=O) groups excluding carboxylic acids is 1. The van der Waals surface area contributed by atoms with Crippen LogP contribution in [0.4, 0.5) is 0 Å². The first-order valence-electron chi connectivity index (χ1n) is 10.1. The number of morpholine rings is 1. The van der Waals surface area contributed by atoms with Gasteiger partial charge in [-0.15, -0.1) is 0 Å². The summed E-state index contributed by atoms with van der Waals surface area (Å²) in [5.74, 6) is 0.531. The summed E-state index contributed by atoms with van der Waals surface area (Å²) in [6.45, 7) is 7.26. The maximum Gasteiger partial charge on any atom is 0.251 e. The molecule has 1 fully saturated rings. The molecule has 1 aliphatic rings. The third-order valence-electron chi connectivity index (χ3n) is 5.06. The molecule has 3 aromatic rings. The molecular formula is C22H26N6O2. The van der Waals surface area contributed by atoms with Gasteiger partial charge in [-0.05, 0) is 37.6 Å². The summed E-state index contributed by atoms with van der Waals surface area (Å²) in [6.07, 6.45) is 5.22. The van der Waals surface area contributed by atoms with Crippen LogP contribution in [-0.2, 0) is 17.8 Å². The van der Waals surface area contributed by atoms with Crippen molar-refractivity contribution < 1.29 is 9.53 Å². The van der Waals surface area contributed by atoms with E-state index in [0.29, 0.717) is 17.9 Å². The summed E-state index contributed by atoms with van der Waals surface area (Å²) in [7, 11) is 0. The van der Waals surface area contributed by atoms with Crippen LogP contribution in [0.25, 0.3) is 5.82 Å². The SMILES string of the molecule is CC1CN(Cc2ccc(C(=O)NCc3cccnc3-n3cncn3)cc2)CC(C)O1. The first kappa shape index (κ1) is 20.2. The van der Waals surface area contributed by atoms with Crippen LogP contribution in [0.3, 0.4) is 0 Å². The van der Waals surface area contributed by atoms with Gasteiger partial charge >= 0.3 is 0 Å². The molecule has 0 spiro atoms. The van der Waals surface area contributed by atoms with E-state index in [9.17, 15) is 4.79 Å². The zero-order chi connectivity index (χ0) is 20.9. The summed E-state index contributed by atoms with van der Waals surface area (Å²) in [6, 6.07) is 11.5. The molecule has 1 aromatic carbocycles. The molecule has 1 saturated heterocycles. The predicted octanol–water partition coefficient (Wildman–Crippen LogP) is 2.20. The topological polar surface area (TPSA) is 85.2 Å². The van der Waals surface area contributed by atoms with Crippen LogP contribution < -0.4 is 5.32 Å². The monoisotopic (exact) mass is 406 g/mol. The Morgan fingerprint density at radius 1 is 1.17 bits per heavy atom. The number of pyridine rings is 1. The summed E-state index contributed by atoms with van der Waals surface area (Å²) in [4.78, 5) is 23.3. The molecular weight excluding hydrogens is 380 g/mol. The van der Waals surface area contributed by atoms with E-state index in [2.05, 4.69) is 39.1 Å². The first-order valence-corrected chi connectivity index (χ1v) is 10.1. The number of hydrogen-bond acceptors (Lipinski definition) is 6. The Morgan fingerprint density at radius 2 is 1.93 bits per heavy atom. The second-order valence-electron chi connectivity index (χ2n) is 7.66. The van der Waals surface area contributed by atoms with Gasteiger partial charge in [-0.2, -0.15) is 5.10 Å². The molecule has 0 bridgehead atoms. The van der Waals surface area contributed by atoms with Gasteiger partial charge in [0, 0.05) is 43.5 Å². The van der Waals surface area contributed by atoms with E-state index in [-0.39, 0.29) is 18.1 Å². The summed E-state index contributed by atoms with van der Waals surface area (Å²) in [5.41, 5.74) is 2.69. The molecule has 1 N–H and O–H groups in total. The van der Waals surface area contributed by atoms with Crippen LogP contribution in [0.1, 0.15) is 35.3 Å². The standard InChI is InChI=1S/C22H26N6O2/c1-16-11-27(12-17(2)30-16)13-18-5-7-19(8-6-18)22(29)25-10-20-4-3-9-24-21(20)28-15-23-14-26-28/h3-9,14-17H,10-13H2,1-2H3,(H,25,29). The zero-order valence-corrected chi connectivity index (χ0v) is 17.2.